The highest BCUT2D eigenvalue weighted by Crippen LogP contribution is 2.14. The summed E-state index contributed by atoms with van der Waals surface area (Å²) in [6.07, 6.45) is 2.81. The molecule has 6 heteroatoms. The summed E-state index contributed by atoms with van der Waals surface area (Å²) in [6.45, 7) is 0. The SMILES string of the molecule is CS(=O)CC(NC(=O)c1ccnc(F)c1)c1ccccc1. The third-order valence-electron chi connectivity index (χ3n) is 2.90. The summed E-state index contributed by atoms with van der Waals surface area (Å²) in [7, 11) is -1.07. The summed E-state index contributed by atoms with van der Waals surface area (Å²) in [5, 5.41) is 2.78. The van der Waals surface area contributed by atoms with Gasteiger partial charge in [-0.2, -0.15) is 4.39 Å². The van der Waals surface area contributed by atoms with Crippen molar-refractivity contribution in [1.29, 1.82) is 0 Å². The van der Waals surface area contributed by atoms with E-state index in [1.54, 1.807) is 6.26 Å². The van der Waals surface area contributed by atoms with Crippen molar-refractivity contribution in [3.8, 4) is 0 Å². The second-order valence-electron chi connectivity index (χ2n) is 4.54. The average Bonchev–Trinajstić information content (AvgIpc) is 2.47. The lowest BCUT2D eigenvalue weighted by Crippen LogP contribution is -2.32. The van der Waals surface area contributed by atoms with Gasteiger partial charge < -0.3 is 5.32 Å². The van der Waals surface area contributed by atoms with Crippen molar-refractivity contribution >= 4 is 16.7 Å². The van der Waals surface area contributed by atoms with Gasteiger partial charge in [-0.25, -0.2) is 4.98 Å². The largest absolute Gasteiger partial charge is 0.344 e. The van der Waals surface area contributed by atoms with Gasteiger partial charge in [0.25, 0.3) is 5.91 Å². The van der Waals surface area contributed by atoms with E-state index in [-0.39, 0.29) is 11.6 Å². The third-order valence-corrected chi connectivity index (χ3v) is 3.70. The molecule has 1 N–H and O–H groups in total. The van der Waals surface area contributed by atoms with Crippen LogP contribution in [-0.4, -0.2) is 27.1 Å². The van der Waals surface area contributed by atoms with Crippen molar-refractivity contribution in [3.05, 3.63) is 65.7 Å². The molecule has 2 aromatic rings. The van der Waals surface area contributed by atoms with Crippen molar-refractivity contribution in [3.63, 3.8) is 0 Å². The lowest BCUT2D eigenvalue weighted by atomic mass is 10.1. The zero-order valence-corrected chi connectivity index (χ0v) is 12.3. The number of hydrogen-bond acceptors (Lipinski definition) is 3. The number of halogens is 1. The van der Waals surface area contributed by atoms with Gasteiger partial charge in [-0.1, -0.05) is 30.3 Å². The molecule has 2 rings (SSSR count). The van der Waals surface area contributed by atoms with Gasteiger partial charge in [0.15, 0.2) is 0 Å². The summed E-state index contributed by atoms with van der Waals surface area (Å²) in [5.41, 5.74) is 1.04. The van der Waals surface area contributed by atoms with Crippen LogP contribution >= 0.6 is 0 Å². The first-order valence-corrected chi connectivity index (χ1v) is 8.06. The number of amides is 1. The van der Waals surface area contributed by atoms with Crippen LogP contribution in [0.3, 0.4) is 0 Å². The number of nitrogens with zero attached hydrogens (tertiary/aromatic N) is 1. The van der Waals surface area contributed by atoms with E-state index in [4.69, 9.17) is 0 Å². The van der Waals surface area contributed by atoms with E-state index < -0.39 is 22.7 Å². The predicted molar refractivity (Wildman–Crippen MR) is 79.8 cm³/mol. The Morgan fingerprint density at radius 2 is 2.05 bits per heavy atom. The molecule has 1 heterocycles. The number of rotatable bonds is 5. The first kappa shape index (κ1) is 15.3. The van der Waals surface area contributed by atoms with Gasteiger partial charge in [-0.3, -0.25) is 9.00 Å². The summed E-state index contributed by atoms with van der Waals surface area (Å²) in [4.78, 5) is 15.6. The van der Waals surface area contributed by atoms with Crippen LogP contribution in [0.25, 0.3) is 0 Å². The van der Waals surface area contributed by atoms with Crippen LogP contribution in [0.2, 0.25) is 0 Å². The van der Waals surface area contributed by atoms with E-state index in [0.29, 0.717) is 5.75 Å². The average molecular weight is 306 g/mol. The lowest BCUT2D eigenvalue weighted by Gasteiger charge is -2.18. The molecule has 1 amide bonds. The molecule has 0 fully saturated rings. The van der Waals surface area contributed by atoms with E-state index in [9.17, 15) is 13.4 Å². The minimum Gasteiger partial charge on any atom is -0.344 e. The zero-order valence-electron chi connectivity index (χ0n) is 11.5. The smallest absolute Gasteiger partial charge is 0.252 e. The molecule has 0 aliphatic heterocycles. The van der Waals surface area contributed by atoms with Crippen molar-refractivity contribution < 1.29 is 13.4 Å². The van der Waals surface area contributed by atoms with Gasteiger partial charge in [0.2, 0.25) is 5.95 Å². The van der Waals surface area contributed by atoms with Crippen LogP contribution in [-0.2, 0) is 10.8 Å². The van der Waals surface area contributed by atoms with E-state index in [0.717, 1.165) is 11.6 Å². The van der Waals surface area contributed by atoms with Gasteiger partial charge in [0, 0.05) is 40.6 Å². The molecule has 21 heavy (non-hydrogen) atoms. The maximum Gasteiger partial charge on any atom is 0.252 e. The fourth-order valence-electron chi connectivity index (χ4n) is 1.93. The monoisotopic (exact) mass is 306 g/mol. The molecule has 2 atom stereocenters. The van der Waals surface area contributed by atoms with Crippen LogP contribution < -0.4 is 5.32 Å². The molecule has 0 aliphatic carbocycles. The van der Waals surface area contributed by atoms with Crippen molar-refractivity contribution in [1.82, 2.24) is 10.3 Å². The fraction of sp³-hybridized carbons (Fsp3) is 0.200. The molecule has 2 unspecified atom stereocenters. The van der Waals surface area contributed by atoms with Gasteiger partial charge in [-0.15, -0.1) is 0 Å². The molecule has 0 radical (unpaired) electrons. The number of hydrogen-bond donors (Lipinski definition) is 1. The third kappa shape index (κ3) is 4.46. The number of carbonyl (C=O) groups is 1. The highest BCUT2D eigenvalue weighted by Gasteiger charge is 2.17. The van der Waals surface area contributed by atoms with Gasteiger partial charge in [0.1, 0.15) is 0 Å². The number of nitrogens with one attached hydrogen (secondary N) is 1. The Morgan fingerprint density at radius 3 is 2.67 bits per heavy atom. The first-order valence-electron chi connectivity index (χ1n) is 6.33. The standard InChI is InChI=1S/C15H15FN2O2S/c1-21(20)10-13(11-5-3-2-4-6-11)18-15(19)12-7-8-17-14(16)9-12/h2-9,13H,10H2,1H3,(H,18,19). The normalized spacial score (nSPS) is 13.4. The Kier molecular flexibility index (Phi) is 5.16. The van der Waals surface area contributed by atoms with Crippen LogP contribution in [0.4, 0.5) is 4.39 Å². The van der Waals surface area contributed by atoms with E-state index in [1.165, 1.54) is 12.3 Å². The summed E-state index contributed by atoms with van der Waals surface area (Å²) in [6, 6.07) is 11.4. The van der Waals surface area contributed by atoms with Crippen molar-refractivity contribution in [2.24, 2.45) is 0 Å². The predicted octanol–water partition coefficient (Wildman–Crippen LogP) is 2.07. The van der Waals surface area contributed by atoms with Crippen molar-refractivity contribution in [2.45, 2.75) is 6.04 Å². The van der Waals surface area contributed by atoms with Crippen LogP contribution in [0.5, 0.6) is 0 Å². The molecule has 4 nitrogen and oxygen atoms in total. The Bertz CT molecular complexity index is 649. The minimum absolute atomic E-state index is 0.185. The molecule has 1 aromatic carbocycles. The Morgan fingerprint density at radius 1 is 1.33 bits per heavy atom. The second-order valence-corrected chi connectivity index (χ2v) is 6.02. The van der Waals surface area contributed by atoms with E-state index in [1.807, 2.05) is 30.3 Å². The highest BCUT2D eigenvalue weighted by atomic mass is 32.2. The minimum atomic E-state index is -1.07. The molecule has 0 bridgehead atoms. The van der Waals surface area contributed by atoms with E-state index in [2.05, 4.69) is 10.3 Å². The number of carbonyl (C=O) groups excluding carboxylic acids is 1. The number of aromatic nitrogens is 1. The second kappa shape index (κ2) is 7.08. The maximum absolute atomic E-state index is 13.1. The van der Waals surface area contributed by atoms with Crippen LogP contribution in [0.15, 0.2) is 48.7 Å². The molecular formula is C15H15FN2O2S. The zero-order chi connectivity index (χ0) is 15.2. The Hall–Kier alpha value is -2.08. The Balaban J connectivity index is 2.19. The summed E-state index contributed by atoms with van der Waals surface area (Å²) < 4.78 is 24.5. The van der Waals surface area contributed by atoms with Crippen molar-refractivity contribution in [2.75, 3.05) is 12.0 Å². The first-order chi connectivity index (χ1) is 10.1. The molecule has 0 aliphatic rings. The van der Waals surface area contributed by atoms with Gasteiger partial charge >= 0.3 is 0 Å². The number of benzene rings is 1. The van der Waals surface area contributed by atoms with E-state index >= 15 is 0 Å². The highest BCUT2D eigenvalue weighted by molar-refractivity contribution is 7.84. The molecule has 0 spiro atoms. The van der Waals surface area contributed by atoms with Crippen LogP contribution in [0.1, 0.15) is 22.0 Å². The van der Waals surface area contributed by atoms with Gasteiger partial charge in [0.05, 0.1) is 6.04 Å². The fourth-order valence-corrected chi connectivity index (χ4v) is 2.67. The van der Waals surface area contributed by atoms with Gasteiger partial charge in [-0.05, 0) is 11.6 Å². The summed E-state index contributed by atoms with van der Waals surface area (Å²) >= 11 is 0. The Labute approximate surface area is 124 Å². The molecule has 0 saturated heterocycles. The van der Waals surface area contributed by atoms with Crippen LogP contribution in [0, 0.1) is 5.95 Å². The topological polar surface area (TPSA) is 59.1 Å². The lowest BCUT2D eigenvalue weighted by molar-refractivity contribution is 0.0940. The molecule has 1 aromatic heterocycles. The molecular weight excluding hydrogens is 291 g/mol. The maximum atomic E-state index is 13.1. The molecule has 110 valence electrons. The number of pyridine rings is 1. The summed E-state index contributed by atoms with van der Waals surface area (Å²) in [5.74, 6) is -0.836. The quantitative estimate of drug-likeness (QED) is 0.860. The molecule has 0 saturated carbocycles.